The van der Waals surface area contributed by atoms with Gasteiger partial charge in [-0.05, 0) is 54.8 Å². The smallest absolute Gasteiger partial charge is 0.147 e. The molecular formula is C20H17N5. The van der Waals surface area contributed by atoms with Gasteiger partial charge in [-0.3, -0.25) is 5.10 Å². The van der Waals surface area contributed by atoms with Gasteiger partial charge in [0.1, 0.15) is 6.04 Å². The summed E-state index contributed by atoms with van der Waals surface area (Å²) in [6.07, 6.45) is 3.45. The van der Waals surface area contributed by atoms with Crippen LogP contribution >= 0.6 is 0 Å². The molecule has 1 heterocycles. The maximum atomic E-state index is 9.91. The minimum Gasteiger partial charge on any atom is -0.318 e. The van der Waals surface area contributed by atoms with E-state index in [2.05, 4.69) is 28.4 Å². The van der Waals surface area contributed by atoms with Crippen LogP contribution in [0.2, 0.25) is 0 Å². The average Bonchev–Trinajstić information content (AvgIpc) is 3.12. The third-order valence-corrected chi connectivity index (χ3v) is 3.96. The molecule has 0 aliphatic heterocycles. The topological polar surface area (TPSA) is 79.5 Å². The first-order chi connectivity index (χ1) is 12.1. The van der Waals surface area contributed by atoms with Crippen molar-refractivity contribution in [3.05, 3.63) is 77.1 Å². The summed E-state index contributed by atoms with van der Waals surface area (Å²) in [6, 6.07) is 17.2. The van der Waals surface area contributed by atoms with Gasteiger partial charge >= 0.3 is 0 Å². The van der Waals surface area contributed by atoms with Crippen LogP contribution < -0.4 is 4.90 Å². The molecule has 0 amide bonds. The van der Waals surface area contributed by atoms with Crippen LogP contribution in [0, 0.1) is 36.5 Å². The minimum absolute atomic E-state index is 0.533. The van der Waals surface area contributed by atoms with Crippen molar-refractivity contribution in [2.45, 2.75) is 19.9 Å². The Hall–Kier alpha value is -3.57. The molecule has 0 bridgehead atoms. The van der Waals surface area contributed by atoms with Gasteiger partial charge in [-0.1, -0.05) is 18.2 Å². The zero-order valence-corrected chi connectivity index (χ0v) is 14.1. The quantitative estimate of drug-likeness (QED) is 0.774. The van der Waals surface area contributed by atoms with Crippen LogP contribution in [0.25, 0.3) is 0 Å². The van der Waals surface area contributed by atoms with E-state index in [-0.39, 0.29) is 0 Å². The van der Waals surface area contributed by atoms with Crippen molar-refractivity contribution < 1.29 is 0 Å². The molecule has 122 valence electrons. The maximum absolute atomic E-state index is 9.91. The number of aromatic nitrogens is 2. The molecule has 5 heteroatoms. The molecule has 0 radical (unpaired) electrons. The minimum atomic E-state index is -0.577. The van der Waals surface area contributed by atoms with Crippen LogP contribution in [-0.4, -0.2) is 10.2 Å². The summed E-state index contributed by atoms with van der Waals surface area (Å²) in [5.74, 6) is 0. The van der Waals surface area contributed by atoms with Crippen molar-refractivity contribution in [2.24, 2.45) is 0 Å². The molecular weight excluding hydrogens is 310 g/mol. The van der Waals surface area contributed by atoms with Gasteiger partial charge in [-0.2, -0.15) is 15.6 Å². The summed E-state index contributed by atoms with van der Waals surface area (Å²) >= 11 is 0. The van der Waals surface area contributed by atoms with Crippen LogP contribution in [0.15, 0.2) is 54.9 Å². The summed E-state index contributed by atoms with van der Waals surface area (Å²) in [5.41, 5.74) is 5.23. The number of nitrogens with one attached hydrogen (secondary N) is 1. The Labute approximate surface area is 146 Å². The van der Waals surface area contributed by atoms with Gasteiger partial charge in [0, 0.05) is 11.9 Å². The van der Waals surface area contributed by atoms with Crippen molar-refractivity contribution >= 4 is 11.4 Å². The number of anilines is 2. The Kier molecular flexibility index (Phi) is 4.50. The van der Waals surface area contributed by atoms with E-state index >= 15 is 0 Å². The second-order valence-corrected chi connectivity index (χ2v) is 5.94. The van der Waals surface area contributed by atoms with Gasteiger partial charge in [0.15, 0.2) is 0 Å². The lowest BCUT2D eigenvalue weighted by atomic mass is 10.0. The highest BCUT2D eigenvalue weighted by molar-refractivity contribution is 5.66. The first kappa shape index (κ1) is 16.3. The van der Waals surface area contributed by atoms with E-state index in [4.69, 9.17) is 5.26 Å². The summed E-state index contributed by atoms with van der Waals surface area (Å²) in [4.78, 5) is 1.93. The highest BCUT2D eigenvalue weighted by Gasteiger charge is 2.24. The molecule has 0 saturated heterocycles. The van der Waals surface area contributed by atoms with Crippen molar-refractivity contribution in [3.8, 4) is 12.1 Å². The summed E-state index contributed by atoms with van der Waals surface area (Å²) in [6.45, 7) is 4.06. The van der Waals surface area contributed by atoms with E-state index in [9.17, 15) is 5.26 Å². The van der Waals surface area contributed by atoms with Crippen molar-refractivity contribution in [1.29, 1.82) is 10.5 Å². The Bertz CT molecular complexity index is 940. The fourth-order valence-corrected chi connectivity index (χ4v) is 2.97. The third-order valence-electron chi connectivity index (χ3n) is 3.96. The van der Waals surface area contributed by atoms with Crippen molar-refractivity contribution in [2.75, 3.05) is 4.90 Å². The number of H-pyrrole nitrogens is 1. The lowest BCUT2D eigenvalue weighted by Gasteiger charge is -2.29. The van der Waals surface area contributed by atoms with Crippen LogP contribution in [-0.2, 0) is 0 Å². The highest BCUT2D eigenvalue weighted by atomic mass is 15.2. The Morgan fingerprint density at radius 2 is 1.80 bits per heavy atom. The lowest BCUT2D eigenvalue weighted by molar-refractivity contribution is 0.862. The zero-order valence-electron chi connectivity index (χ0n) is 14.1. The van der Waals surface area contributed by atoms with Gasteiger partial charge in [-0.25, -0.2) is 0 Å². The Morgan fingerprint density at radius 3 is 2.40 bits per heavy atom. The molecule has 2 aromatic carbocycles. The largest absolute Gasteiger partial charge is 0.318 e. The van der Waals surface area contributed by atoms with Crippen molar-refractivity contribution in [1.82, 2.24) is 10.2 Å². The number of rotatable bonds is 4. The van der Waals surface area contributed by atoms with E-state index in [1.54, 1.807) is 30.6 Å². The highest BCUT2D eigenvalue weighted by Crippen LogP contribution is 2.35. The van der Waals surface area contributed by atoms with Gasteiger partial charge in [-0.15, -0.1) is 0 Å². The molecule has 1 atom stereocenters. The molecule has 0 aliphatic rings. The number of hydrogen-bond donors (Lipinski definition) is 1. The van der Waals surface area contributed by atoms with E-state index in [0.29, 0.717) is 5.56 Å². The summed E-state index contributed by atoms with van der Waals surface area (Å²) in [7, 11) is 0. The SMILES string of the molecule is Cc1cc(C)cc(N(c2cn[nH]c2)C(C#N)c2cccc(C#N)c2)c1. The molecule has 0 fully saturated rings. The molecule has 5 nitrogen and oxygen atoms in total. The van der Waals surface area contributed by atoms with Crippen LogP contribution in [0.4, 0.5) is 11.4 Å². The van der Waals surface area contributed by atoms with E-state index in [1.165, 1.54) is 0 Å². The first-order valence-corrected chi connectivity index (χ1v) is 7.88. The first-order valence-electron chi connectivity index (χ1n) is 7.88. The molecule has 25 heavy (non-hydrogen) atoms. The molecule has 0 aliphatic carbocycles. The predicted molar refractivity (Wildman–Crippen MR) is 96.2 cm³/mol. The molecule has 0 spiro atoms. The number of benzene rings is 2. The molecule has 0 saturated carbocycles. The number of aryl methyl sites for hydroxylation is 2. The van der Waals surface area contributed by atoms with E-state index < -0.39 is 6.04 Å². The second kappa shape index (κ2) is 6.90. The van der Waals surface area contributed by atoms with Gasteiger partial charge in [0.25, 0.3) is 0 Å². The standard InChI is InChI=1S/C20H17N5/c1-14-6-15(2)8-18(7-14)25(19-12-23-24-13-19)20(11-22)17-5-3-4-16(9-17)10-21/h3-9,12-13,20H,1-2H3,(H,23,24). The molecule has 1 unspecified atom stereocenters. The van der Waals surface area contributed by atoms with Crippen LogP contribution in [0.5, 0.6) is 0 Å². The molecule has 3 rings (SSSR count). The van der Waals surface area contributed by atoms with Gasteiger partial charge in [0.05, 0.1) is 29.6 Å². The number of nitriles is 2. The normalized spacial score (nSPS) is 11.4. The van der Waals surface area contributed by atoms with Crippen LogP contribution in [0.1, 0.15) is 28.3 Å². The Balaban J connectivity index is 2.16. The van der Waals surface area contributed by atoms with Crippen LogP contribution in [0.3, 0.4) is 0 Å². The zero-order chi connectivity index (χ0) is 17.8. The lowest BCUT2D eigenvalue weighted by Crippen LogP contribution is -2.22. The number of aromatic amines is 1. The number of hydrogen-bond acceptors (Lipinski definition) is 4. The fraction of sp³-hybridized carbons (Fsp3) is 0.150. The molecule has 3 aromatic rings. The van der Waals surface area contributed by atoms with Crippen molar-refractivity contribution in [3.63, 3.8) is 0 Å². The molecule has 1 aromatic heterocycles. The Morgan fingerprint density at radius 1 is 1.04 bits per heavy atom. The maximum Gasteiger partial charge on any atom is 0.147 e. The monoisotopic (exact) mass is 327 g/mol. The third kappa shape index (κ3) is 3.36. The predicted octanol–water partition coefficient (Wildman–Crippen LogP) is 4.30. The van der Waals surface area contributed by atoms with Gasteiger partial charge < -0.3 is 4.90 Å². The second-order valence-electron chi connectivity index (χ2n) is 5.94. The van der Waals surface area contributed by atoms with E-state index in [1.807, 2.05) is 36.9 Å². The summed E-state index contributed by atoms with van der Waals surface area (Å²) < 4.78 is 0. The van der Waals surface area contributed by atoms with Gasteiger partial charge in [0.2, 0.25) is 0 Å². The molecule has 1 N–H and O–H groups in total. The number of nitrogens with zero attached hydrogens (tertiary/aromatic N) is 4. The average molecular weight is 327 g/mol. The summed E-state index contributed by atoms with van der Waals surface area (Å²) in [5, 5.41) is 25.9. The van der Waals surface area contributed by atoms with E-state index in [0.717, 1.165) is 28.1 Å². The fourth-order valence-electron chi connectivity index (χ4n) is 2.97.